The van der Waals surface area contributed by atoms with E-state index in [0.29, 0.717) is 15.3 Å². The maximum absolute atomic E-state index is 13.1. The monoisotopic (exact) mass is 372 g/mol. The van der Waals surface area contributed by atoms with Crippen LogP contribution in [0.1, 0.15) is 23.0 Å². The maximum atomic E-state index is 13.1. The van der Waals surface area contributed by atoms with Gasteiger partial charge in [-0.2, -0.15) is 0 Å². The third-order valence-electron chi connectivity index (χ3n) is 2.33. The highest BCUT2D eigenvalue weighted by atomic mass is 79.9. The average Bonchev–Trinajstić information content (AvgIpc) is 2.85. The second-order valence-corrected chi connectivity index (χ2v) is 5.74. The lowest BCUT2D eigenvalue weighted by Crippen LogP contribution is -2.08. The standard InChI is InChI=1S/C13H10BrFN2O3S/c1-7(18)16-13-17-9(6-21-13)5-20-12(19)10-4-8(15)2-3-11(10)14/h2-4,6H,5H2,1H3,(H,16,17,18). The minimum Gasteiger partial charge on any atom is -0.456 e. The van der Waals surface area contributed by atoms with Crippen LogP contribution >= 0.6 is 27.3 Å². The van der Waals surface area contributed by atoms with E-state index >= 15 is 0 Å². The molecule has 0 unspecified atom stereocenters. The molecule has 21 heavy (non-hydrogen) atoms. The summed E-state index contributed by atoms with van der Waals surface area (Å²) in [6.07, 6.45) is 0. The number of hydrogen-bond acceptors (Lipinski definition) is 5. The molecule has 0 bridgehead atoms. The summed E-state index contributed by atoms with van der Waals surface area (Å²) in [7, 11) is 0. The second kappa shape index (κ2) is 6.77. The van der Waals surface area contributed by atoms with Crippen LogP contribution in [0.15, 0.2) is 28.1 Å². The summed E-state index contributed by atoms with van der Waals surface area (Å²) >= 11 is 4.39. The molecule has 1 amide bonds. The van der Waals surface area contributed by atoms with E-state index in [1.807, 2.05) is 0 Å². The van der Waals surface area contributed by atoms with Crippen LogP contribution in [0.4, 0.5) is 9.52 Å². The van der Waals surface area contributed by atoms with Crippen molar-refractivity contribution in [3.8, 4) is 0 Å². The molecule has 5 nitrogen and oxygen atoms in total. The number of nitrogens with zero attached hydrogens (tertiary/aromatic N) is 1. The van der Waals surface area contributed by atoms with E-state index in [1.165, 1.54) is 30.4 Å². The Hall–Kier alpha value is -1.80. The predicted octanol–water partition coefficient (Wildman–Crippen LogP) is 3.36. The van der Waals surface area contributed by atoms with Gasteiger partial charge in [-0.15, -0.1) is 11.3 Å². The first-order chi connectivity index (χ1) is 9.95. The first kappa shape index (κ1) is 15.6. The number of ether oxygens (including phenoxy) is 1. The molecule has 1 heterocycles. The zero-order valence-corrected chi connectivity index (χ0v) is 13.3. The fraction of sp³-hybridized carbons (Fsp3) is 0.154. The maximum Gasteiger partial charge on any atom is 0.339 e. The molecule has 110 valence electrons. The molecule has 8 heteroatoms. The molecule has 0 aliphatic carbocycles. The van der Waals surface area contributed by atoms with Crippen LogP contribution in [0.25, 0.3) is 0 Å². The Morgan fingerprint density at radius 3 is 2.95 bits per heavy atom. The highest BCUT2D eigenvalue weighted by molar-refractivity contribution is 9.10. The fourth-order valence-electron chi connectivity index (χ4n) is 1.45. The van der Waals surface area contributed by atoms with Crippen LogP contribution < -0.4 is 5.32 Å². The SMILES string of the molecule is CC(=O)Nc1nc(COC(=O)c2cc(F)ccc2Br)cs1. The quantitative estimate of drug-likeness (QED) is 0.835. The van der Waals surface area contributed by atoms with E-state index in [9.17, 15) is 14.0 Å². The zero-order chi connectivity index (χ0) is 15.4. The summed E-state index contributed by atoms with van der Waals surface area (Å²) in [5.74, 6) is -1.40. The van der Waals surface area contributed by atoms with Crippen LogP contribution in [0.2, 0.25) is 0 Å². The molecule has 1 aromatic carbocycles. The molecule has 0 aliphatic rings. The molecule has 0 aliphatic heterocycles. The number of carbonyl (C=O) groups excluding carboxylic acids is 2. The van der Waals surface area contributed by atoms with Crippen LogP contribution in [-0.2, 0) is 16.1 Å². The number of amides is 1. The molecule has 0 radical (unpaired) electrons. The van der Waals surface area contributed by atoms with Gasteiger partial charge in [-0.05, 0) is 34.1 Å². The molecule has 1 N–H and O–H groups in total. The molecule has 2 aromatic rings. The van der Waals surface area contributed by atoms with Crippen molar-refractivity contribution in [1.29, 1.82) is 0 Å². The van der Waals surface area contributed by atoms with Crippen LogP contribution in [0, 0.1) is 5.82 Å². The molecule has 0 spiro atoms. The van der Waals surface area contributed by atoms with Crippen molar-refractivity contribution in [3.63, 3.8) is 0 Å². The molecular weight excluding hydrogens is 363 g/mol. The van der Waals surface area contributed by atoms with Crippen molar-refractivity contribution in [3.05, 3.63) is 45.1 Å². The fourth-order valence-corrected chi connectivity index (χ4v) is 2.60. The number of carbonyl (C=O) groups is 2. The molecular formula is C13H10BrFN2O3S. The highest BCUT2D eigenvalue weighted by Gasteiger charge is 2.14. The molecule has 1 aromatic heterocycles. The van der Waals surface area contributed by atoms with Crippen molar-refractivity contribution in [2.45, 2.75) is 13.5 Å². The molecule has 2 rings (SSSR count). The lowest BCUT2D eigenvalue weighted by atomic mass is 10.2. The Bertz CT molecular complexity index is 690. The summed E-state index contributed by atoms with van der Waals surface area (Å²) in [4.78, 5) is 26.8. The number of rotatable bonds is 4. The Labute approximate surface area is 132 Å². The van der Waals surface area contributed by atoms with Crippen LogP contribution in [-0.4, -0.2) is 16.9 Å². The Balaban J connectivity index is 1.99. The van der Waals surface area contributed by atoms with Crippen LogP contribution in [0.5, 0.6) is 0 Å². The number of halogens is 2. The lowest BCUT2D eigenvalue weighted by Gasteiger charge is -2.05. The van der Waals surface area contributed by atoms with Crippen molar-refractivity contribution in [1.82, 2.24) is 4.98 Å². The number of benzene rings is 1. The van der Waals surface area contributed by atoms with Gasteiger partial charge in [-0.25, -0.2) is 14.2 Å². The summed E-state index contributed by atoms with van der Waals surface area (Å²) < 4.78 is 18.6. The van der Waals surface area contributed by atoms with Crippen molar-refractivity contribution < 1.29 is 18.7 Å². The first-order valence-electron chi connectivity index (χ1n) is 5.80. The van der Waals surface area contributed by atoms with E-state index in [2.05, 4.69) is 26.2 Å². The Morgan fingerprint density at radius 2 is 2.24 bits per heavy atom. The number of anilines is 1. The third kappa shape index (κ3) is 4.33. The highest BCUT2D eigenvalue weighted by Crippen LogP contribution is 2.20. The number of nitrogens with one attached hydrogen (secondary N) is 1. The number of thiazole rings is 1. The number of hydrogen-bond donors (Lipinski definition) is 1. The minimum atomic E-state index is -0.657. The summed E-state index contributed by atoms with van der Waals surface area (Å²) in [5, 5.41) is 4.63. The normalized spacial score (nSPS) is 10.2. The van der Waals surface area contributed by atoms with E-state index in [1.54, 1.807) is 5.38 Å². The van der Waals surface area contributed by atoms with E-state index in [4.69, 9.17) is 4.74 Å². The minimum absolute atomic E-state index is 0.0577. The first-order valence-corrected chi connectivity index (χ1v) is 7.47. The Morgan fingerprint density at radius 1 is 1.48 bits per heavy atom. The van der Waals surface area contributed by atoms with E-state index < -0.39 is 11.8 Å². The van der Waals surface area contributed by atoms with Crippen LogP contribution in [0.3, 0.4) is 0 Å². The van der Waals surface area contributed by atoms with Crippen molar-refractivity contribution in [2.24, 2.45) is 0 Å². The molecule has 0 fully saturated rings. The number of esters is 1. The lowest BCUT2D eigenvalue weighted by molar-refractivity contribution is -0.114. The Kier molecular flexibility index (Phi) is 5.03. The largest absolute Gasteiger partial charge is 0.456 e. The second-order valence-electron chi connectivity index (χ2n) is 4.03. The topological polar surface area (TPSA) is 68.3 Å². The van der Waals surface area contributed by atoms with E-state index in [-0.39, 0.29) is 18.1 Å². The van der Waals surface area contributed by atoms with Gasteiger partial charge < -0.3 is 10.1 Å². The van der Waals surface area contributed by atoms with Gasteiger partial charge in [-0.3, -0.25) is 4.79 Å². The number of aromatic nitrogens is 1. The summed E-state index contributed by atoms with van der Waals surface area (Å²) in [5.41, 5.74) is 0.608. The molecule has 0 saturated carbocycles. The predicted molar refractivity (Wildman–Crippen MR) is 79.6 cm³/mol. The van der Waals surface area contributed by atoms with Gasteiger partial charge in [0, 0.05) is 16.8 Å². The van der Waals surface area contributed by atoms with Gasteiger partial charge >= 0.3 is 5.97 Å². The smallest absolute Gasteiger partial charge is 0.339 e. The van der Waals surface area contributed by atoms with Gasteiger partial charge in [0.1, 0.15) is 12.4 Å². The van der Waals surface area contributed by atoms with Crippen molar-refractivity contribution in [2.75, 3.05) is 5.32 Å². The van der Waals surface area contributed by atoms with Gasteiger partial charge in [0.25, 0.3) is 0 Å². The zero-order valence-electron chi connectivity index (χ0n) is 10.9. The van der Waals surface area contributed by atoms with Gasteiger partial charge in [0.05, 0.1) is 11.3 Å². The van der Waals surface area contributed by atoms with Gasteiger partial charge in [0.2, 0.25) is 5.91 Å². The molecule has 0 atom stereocenters. The summed E-state index contributed by atoms with van der Waals surface area (Å²) in [6, 6.07) is 3.76. The molecule has 0 saturated heterocycles. The summed E-state index contributed by atoms with van der Waals surface area (Å²) in [6.45, 7) is 1.32. The van der Waals surface area contributed by atoms with Gasteiger partial charge in [-0.1, -0.05) is 0 Å². The van der Waals surface area contributed by atoms with Crippen molar-refractivity contribution >= 4 is 44.3 Å². The average molecular weight is 373 g/mol. The van der Waals surface area contributed by atoms with E-state index in [0.717, 1.165) is 6.07 Å². The third-order valence-corrected chi connectivity index (χ3v) is 3.83. The van der Waals surface area contributed by atoms with Gasteiger partial charge in [0.15, 0.2) is 5.13 Å².